The van der Waals surface area contributed by atoms with Gasteiger partial charge in [-0.05, 0) is 18.2 Å². The van der Waals surface area contributed by atoms with Crippen molar-refractivity contribution in [3.8, 4) is 5.75 Å². The van der Waals surface area contributed by atoms with E-state index in [4.69, 9.17) is 4.42 Å². The molecule has 0 aliphatic carbocycles. The first-order valence-corrected chi connectivity index (χ1v) is 3.59. The average molecular weight is 180 g/mol. The second kappa shape index (κ2) is 2.90. The van der Waals surface area contributed by atoms with Crippen LogP contribution in [0.3, 0.4) is 0 Å². The Morgan fingerprint density at radius 3 is 3.00 bits per heavy atom. The Morgan fingerprint density at radius 2 is 2.23 bits per heavy atom. The second-order valence-corrected chi connectivity index (χ2v) is 2.46. The van der Waals surface area contributed by atoms with Crippen molar-refractivity contribution in [3.05, 3.63) is 30.3 Å². The van der Waals surface area contributed by atoms with Crippen LogP contribution in [0.2, 0.25) is 0 Å². The summed E-state index contributed by atoms with van der Waals surface area (Å²) in [7, 11) is 0. The molecular formula is C9H5FO3. The minimum Gasteiger partial charge on any atom is -0.431 e. The van der Waals surface area contributed by atoms with E-state index in [1.165, 1.54) is 24.3 Å². The molecule has 0 bridgehead atoms. The Morgan fingerprint density at radius 1 is 1.38 bits per heavy atom. The molecule has 0 amide bonds. The number of rotatable bonds is 2. The average Bonchev–Trinajstić information content (AvgIpc) is 2.44. The summed E-state index contributed by atoms with van der Waals surface area (Å²) in [6.07, 6.45) is 0. The predicted molar refractivity (Wildman–Crippen MR) is 42.9 cm³/mol. The minimum atomic E-state index is -0.654. The molecule has 1 aromatic carbocycles. The van der Waals surface area contributed by atoms with Crippen LogP contribution in [0.15, 0.2) is 28.7 Å². The maximum atomic E-state index is 12.6. The first kappa shape index (κ1) is 7.79. The van der Waals surface area contributed by atoms with Crippen molar-refractivity contribution in [3.63, 3.8) is 0 Å². The number of hydrogen-bond donors (Lipinski definition) is 0. The number of furan rings is 1. The predicted octanol–water partition coefficient (Wildman–Crippen LogP) is 2.11. The topological polar surface area (TPSA) is 39.4 Å². The number of hydrogen-bond acceptors (Lipinski definition) is 3. The maximum absolute atomic E-state index is 12.6. The van der Waals surface area contributed by atoms with Crippen molar-refractivity contribution >= 4 is 17.4 Å². The van der Waals surface area contributed by atoms with Crippen molar-refractivity contribution in [2.24, 2.45) is 0 Å². The third-order valence-corrected chi connectivity index (χ3v) is 1.64. The van der Waals surface area contributed by atoms with Gasteiger partial charge in [0.2, 0.25) is 0 Å². The molecule has 0 radical (unpaired) electrons. The summed E-state index contributed by atoms with van der Waals surface area (Å²) in [5, 5.41) is 0.567. The smallest absolute Gasteiger partial charge is 0.298 e. The summed E-state index contributed by atoms with van der Waals surface area (Å²) >= 11 is 0. The summed E-state index contributed by atoms with van der Waals surface area (Å²) in [6, 6.07) is 5.17. The largest absolute Gasteiger partial charge is 0.431 e. The second-order valence-electron chi connectivity index (χ2n) is 2.46. The Kier molecular flexibility index (Phi) is 1.73. The van der Waals surface area contributed by atoms with Gasteiger partial charge >= 0.3 is 0 Å². The molecule has 2 aromatic rings. The van der Waals surface area contributed by atoms with Crippen LogP contribution in [0.1, 0.15) is 0 Å². The number of ether oxygens (including phenoxy) is 1. The molecule has 0 aliphatic heterocycles. The molecule has 1 heterocycles. The molecule has 0 unspecified atom stereocenters. The van der Waals surface area contributed by atoms with Gasteiger partial charge in [0.1, 0.15) is 11.3 Å². The highest BCUT2D eigenvalue weighted by atomic mass is 19.1. The maximum Gasteiger partial charge on any atom is 0.298 e. The molecule has 0 aliphatic rings. The van der Waals surface area contributed by atoms with E-state index in [1.807, 2.05) is 0 Å². The van der Waals surface area contributed by atoms with E-state index in [0.29, 0.717) is 23.2 Å². The Bertz CT molecular complexity index is 447. The van der Waals surface area contributed by atoms with Crippen molar-refractivity contribution in [1.29, 1.82) is 0 Å². The van der Waals surface area contributed by atoms with Crippen LogP contribution in [0.5, 0.6) is 5.75 Å². The molecule has 0 saturated heterocycles. The molecule has 2 rings (SSSR count). The molecule has 0 atom stereocenters. The first-order valence-electron chi connectivity index (χ1n) is 3.59. The molecule has 0 spiro atoms. The lowest BCUT2D eigenvalue weighted by atomic mass is 10.2. The Labute approximate surface area is 72.7 Å². The van der Waals surface area contributed by atoms with Gasteiger partial charge in [0, 0.05) is 11.5 Å². The summed E-state index contributed by atoms with van der Waals surface area (Å²) < 4.78 is 21.8. The zero-order chi connectivity index (χ0) is 9.26. The fourth-order valence-electron chi connectivity index (χ4n) is 1.12. The van der Waals surface area contributed by atoms with Crippen LogP contribution in [-0.4, -0.2) is 6.47 Å². The summed E-state index contributed by atoms with van der Waals surface area (Å²) in [6.45, 7) is 0.317. The van der Waals surface area contributed by atoms with Crippen LogP contribution in [-0.2, 0) is 4.79 Å². The van der Waals surface area contributed by atoms with Gasteiger partial charge in [-0.25, -0.2) is 0 Å². The minimum absolute atomic E-state index is 0.317. The van der Waals surface area contributed by atoms with Gasteiger partial charge in [0.05, 0.1) is 0 Å². The van der Waals surface area contributed by atoms with Gasteiger partial charge in [0.15, 0.2) is 0 Å². The normalized spacial score (nSPS) is 10.2. The third-order valence-electron chi connectivity index (χ3n) is 1.64. The van der Waals surface area contributed by atoms with Crippen molar-refractivity contribution in [2.75, 3.05) is 0 Å². The molecule has 0 saturated carbocycles. The molecular weight excluding hydrogens is 175 g/mol. The fraction of sp³-hybridized carbons (Fsp3) is 0. The summed E-state index contributed by atoms with van der Waals surface area (Å²) in [4.78, 5) is 10.00. The van der Waals surface area contributed by atoms with Gasteiger partial charge < -0.3 is 9.15 Å². The van der Waals surface area contributed by atoms with Crippen LogP contribution in [0, 0.1) is 6.01 Å². The zero-order valence-corrected chi connectivity index (χ0v) is 6.49. The van der Waals surface area contributed by atoms with Crippen LogP contribution in [0.4, 0.5) is 4.39 Å². The van der Waals surface area contributed by atoms with E-state index in [0.717, 1.165) is 0 Å². The number of carbonyl (C=O) groups excluding carboxylic acids is 1. The van der Waals surface area contributed by atoms with Crippen molar-refractivity contribution in [2.45, 2.75) is 0 Å². The van der Waals surface area contributed by atoms with E-state index in [1.54, 1.807) is 0 Å². The zero-order valence-electron chi connectivity index (χ0n) is 6.49. The monoisotopic (exact) mass is 180 g/mol. The van der Waals surface area contributed by atoms with Gasteiger partial charge in [0.25, 0.3) is 12.5 Å². The Hall–Kier alpha value is -1.84. The lowest BCUT2D eigenvalue weighted by Crippen LogP contribution is -1.86. The van der Waals surface area contributed by atoms with E-state index in [-0.39, 0.29) is 0 Å². The molecule has 0 N–H and O–H groups in total. The van der Waals surface area contributed by atoms with Crippen LogP contribution in [0.25, 0.3) is 11.0 Å². The molecule has 0 fully saturated rings. The Balaban J connectivity index is 2.54. The van der Waals surface area contributed by atoms with E-state index in [2.05, 4.69) is 4.74 Å². The van der Waals surface area contributed by atoms with Crippen molar-refractivity contribution in [1.82, 2.24) is 0 Å². The van der Waals surface area contributed by atoms with Gasteiger partial charge in [-0.3, -0.25) is 4.79 Å². The molecule has 3 nitrogen and oxygen atoms in total. The highest BCUT2D eigenvalue weighted by Crippen LogP contribution is 2.23. The quantitative estimate of drug-likeness (QED) is 0.664. The molecule has 66 valence electrons. The van der Waals surface area contributed by atoms with Gasteiger partial charge in [-0.2, -0.15) is 4.39 Å². The van der Waals surface area contributed by atoms with Gasteiger partial charge in [-0.15, -0.1) is 0 Å². The highest BCUT2D eigenvalue weighted by Gasteiger charge is 2.03. The summed E-state index contributed by atoms with van der Waals surface area (Å²) in [5.41, 5.74) is 0.427. The first-order chi connectivity index (χ1) is 6.29. The summed E-state index contributed by atoms with van der Waals surface area (Å²) in [5.74, 6) is 0.364. The van der Waals surface area contributed by atoms with Crippen molar-refractivity contribution < 1.29 is 18.3 Å². The number of benzene rings is 1. The molecule has 13 heavy (non-hydrogen) atoms. The SMILES string of the molecule is O=COc1ccc2oc(F)cc2c1. The lowest BCUT2D eigenvalue weighted by molar-refractivity contribution is -0.120. The van der Waals surface area contributed by atoms with Gasteiger partial charge in [-0.1, -0.05) is 0 Å². The number of halogens is 1. The number of fused-ring (bicyclic) bond motifs is 1. The van der Waals surface area contributed by atoms with E-state index >= 15 is 0 Å². The van der Waals surface area contributed by atoms with Crippen LogP contribution >= 0.6 is 0 Å². The van der Waals surface area contributed by atoms with Crippen LogP contribution < -0.4 is 4.74 Å². The standard InChI is InChI=1S/C9H5FO3/c10-9-4-6-3-7(12-5-11)1-2-8(6)13-9/h1-5H. The lowest BCUT2D eigenvalue weighted by Gasteiger charge is -1.94. The molecule has 1 aromatic heterocycles. The van der Waals surface area contributed by atoms with E-state index in [9.17, 15) is 9.18 Å². The highest BCUT2D eigenvalue weighted by molar-refractivity contribution is 5.79. The van der Waals surface area contributed by atoms with E-state index < -0.39 is 6.01 Å². The third kappa shape index (κ3) is 1.38. The molecule has 4 heteroatoms. The fourth-order valence-corrected chi connectivity index (χ4v) is 1.12. The number of carbonyl (C=O) groups is 1.